The van der Waals surface area contributed by atoms with Gasteiger partial charge in [0.2, 0.25) is 0 Å². The molecule has 192 valence electrons. The van der Waals surface area contributed by atoms with E-state index < -0.39 is 0 Å². The van der Waals surface area contributed by atoms with E-state index in [2.05, 4.69) is 109 Å². The average molecular weight is 466 g/mol. The Morgan fingerprint density at radius 3 is 1.85 bits per heavy atom. The van der Waals surface area contributed by atoms with Crippen LogP contribution >= 0.6 is 0 Å². The lowest BCUT2D eigenvalue weighted by Crippen LogP contribution is -2.28. The van der Waals surface area contributed by atoms with E-state index in [0.717, 1.165) is 6.42 Å². The van der Waals surface area contributed by atoms with Gasteiger partial charge in [-0.1, -0.05) is 135 Å². The van der Waals surface area contributed by atoms with Crippen LogP contribution in [0.25, 0.3) is 0 Å². The third-order valence-corrected chi connectivity index (χ3v) is 6.15. The summed E-state index contributed by atoms with van der Waals surface area (Å²) in [5.74, 6) is 1.15. The van der Waals surface area contributed by atoms with Crippen molar-refractivity contribution in [2.75, 3.05) is 0 Å². The lowest BCUT2D eigenvalue weighted by Gasteiger charge is -2.29. The third-order valence-electron chi connectivity index (χ3n) is 6.15. The van der Waals surface area contributed by atoms with Crippen LogP contribution in [-0.4, -0.2) is 0 Å². The van der Waals surface area contributed by atoms with Gasteiger partial charge in [0, 0.05) is 5.70 Å². The molecule has 0 aliphatic rings. The molecule has 0 spiro atoms. The molecule has 1 atom stereocenters. The van der Waals surface area contributed by atoms with Crippen LogP contribution in [0.1, 0.15) is 116 Å². The molecule has 0 amide bonds. The number of nitrogens with one attached hydrogen (secondary N) is 1. The SMILES string of the molecule is C=C(NC(c1ccc(C)cc1)C(C)C)C(CCC)CCC.CC.CCCc1cccc(CC)c1. The highest BCUT2D eigenvalue weighted by atomic mass is 14.9. The molecule has 2 aromatic carbocycles. The first kappa shape index (κ1) is 32.0. The van der Waals surface area contributed by atoms with Crippen LogP contribution in [0.15, 0.2) is 60.8 Å². The zero-order valence-corrected chi connectivity index (χ0v) is 24.0. The summed E-state index contributed by atoms with van der Waals surface area (Å²) in [7, 11) is 0. The number of rotatable bonds is 12. The third kappa shape index (κ3) is 12.4. The fourth-order valence-electron chi connectivity index (χ4n) is 4.21. The predicted octanol–water partition coefficient (Wildman–Crippen LogP) is 10.2. The van der Waals surface area contributed by atoms with E-state index in [9.17, 15) is 0 Å². The van der Waals surface area contributed by atoms with Crippen molar-refractivity contribution in [3.8, 4) is 0 Å². The Hall–Kier alpha value is -2.02. The molecule has 0 aliphatic carbocycles. The zero-order valence-electron chi connectivity index (χ0n) is 24.0. The topological polar surface area (TPSA) is 12.0 Å². The standard InChI is InChI=1S/C20H33N.C11H16.C2H6/c1-7-9-18(10-8-2)17(6)21-20(15(3)4)19-13-11-16(5)12-14-19;1-3-6-11-8-5-7-10(4-2)9-11;1-2/h11-15,18,20-21H,6-10H2,1-5H3;5,7-9H,3-4,6H2,1-2H3;1-2H3. The van der Waals surface area contributed by atoms with Gasteiger partial charge >= 0.3 is 0 Å². The van der Waals surface area contributed by atoms with Gasteiger partial charge in [-0.15, -0.1) is 0 Å². The fourth-order valence-corrected chi connectivity index (χ4v) is 4.21. The number of hydrogen-bond acceptors (Lipinski definition) is 1. The molecular formula is C33H55N. The highest BCUT2D eigenvalue weighted by Gasteiger charge is 2.19. The second kappa shape index (κ2) is 19.3. The van der Waals surface area contributed by atoms with Crippen LogP contribution in [0.3, 0.4) is 0 Å². The summed E-state index contributed by atoms with van der Waals surface area (Å²) in [6.45, 7) is 24.0. The van der Waals surface area contributed by atoms with E-state index in [-0.39, 0.29) is 0 Å². The number of benzene rings is 2. The van der Waals surface area contributed by atoms with Gasteiger partial charge in [0.05, 0.1) is 6.04 Å². The minimum absolute atomic E-state index is 0.356. The highest BCUT2D eigenvalue weighted by molar-refractivity contribution is 5.26. The monoisotopic (exact) mass is 465 g/mol. The smallest absolute Gasteiger partial charge is 0.0533 e. The average Bonchev–Trinajstić information content (AvgIpc) is 2.85. The first-order chi connectivity index (χ1) is 16.4. The van der Waals surface area contributed by atoms with Crippen molar-refractivity contribution >= 4 is 0 Å². The number of aryl methyl sites for hydroxylation is 3. The Bertz CT molecular complexity index is 750. The van der Waals surface area contributed by atoms with Crippen LogP contribution in [0, 0.1) is 18.8 Å². The lowest BCUT2D eigenvalue weighted by atomic mass is 9.91. The molecule has 0 saturated carbocycles. The summed E-state index contributed by atoms with van der Waals surface area (Å²) in [5.41, 5.74) is 6.83. The number of allylic oxidation sites excluding steroid dienone is 1. The lowest BCUT2D eigenvalue weighted by molar-refractivity contribution is 0.396. The van der Waals surface area contributed by atoms with E-state index in [4.69, 9.17) is 0 Å². The van der Waals surface area contributed by atoms with E-state index in [1.807, 2.05) is 13.8 Å². The van der Waals surface area contributed by atoms with Crippen LogP contribution in [0.5, 0.6) is 0 Å². The molecule has 1 nitrogen and oxygen atoms in total. The Kier molecular flexibility index (Phi) is 18.2. The van der Waals surface area contributed by atoms with Crippen molar-refractivity contribution in [1.29, 1.82) is 0 Å². The largest absolute Gasteiger partial charge is 0.382 e. The molecule has 34 heavy (non-hydrogen) atoms. The molecule has 2 aromatic rings. The summed E-state index contributed by atoms with van der Waals surface area (Å²) in [6.07, 6.45) is 8.53. The van der Waals surface area contributed by atoms with Crippen LogP contribution in [-0.2, 0) is 12.8 Å². The normalized spacial score (nSPS) is 11.3. The van der Waals surface area contributed by atoms with Crippen LogP contribution in [0.2, 0.25) is 0 Å². The molecule has 0 bridgehead atoms. The summed E-state index contributed by atoms with van der Waals surface area (Å²) < 4.78 is 0. The Balaban J connectivity index is 0.000000701. The Morgan fingerprint density at radius 2 is 1.38 bits per heavy atom. The highest BCUT2D eigenvalue weighted by Crippen LogP contribution is 2.27. The van der Waals surface area contributed by atoms with Gasteiger partial charge in [0.1, 0.15) is 0 Å². The molecule has 2 rings (SSSR count). The predicted molar refractivity (Wildman–Crippen MR) is 156 cm³/mol. The van der Waals surface area contributed by atoms with Gasteiger partial charge in [0.15, 0.2) is 0 Å². The minimum atomic E-state index is 0.356. The first-order valence-electron chi connectivity index (χ1n) is 14.0. The molecule has 1 unspecified atom stereocenters. The molecule has 0 aliphatic heterocycles. The Labute approximate surface area is 213 Å². The molecule has 0 aromatic heterocycles. The Morgan fingerprint density at radius 1 is 0.824 bits per heavy atom. The van der Waals surface area contributed by atoms with E-state index in [1.165, 1.54) is 66.5 Å². The van der Waals surface area contributed by atoms with Gasteiger partial charge < -0.3 is 5.32 Å². The summed E-state index contributed by atoms with van der Waals surface area (Å²) in [4.78, 5) is 0. The van der Waals surface area contributed by atoms with Crippen molar-refractivity contribution < 1.29 is 0 Å². The van der Waals surface area contributed by atoms with Gasteiger partial charge in [-0.05, 0) is 61.1 Å². The maximum Gasteiger partial charge on any atom is 0.0533 e. The second-order valence-corrected chi connectivity index (χ2v) is 9.50. The molecular weight excluding hydrogens is 410 g/mol. The van der Waals surface area contributed by atoms with Gasteiger partial charge in [-0.25, -0.2) is 0 Å². The molecule has 0 radical (unpaired) electrons. The van der Waals surface area contributed by atoms with Gasteiger partial charge in [0.25, 0.3) is 0 Å². The van der Waals surface area contributed by atoms with E-state index >= 15 is 0 Å². The van der Waals surface area contributed by atoms with Crippen molar-refractivity contribution in [1.82, 2.24) is 5.32 Å². The second-order valence-electron chi connectivity index (χ2n) is 9.50. The summed E-state index contributed by atoms with van der Waals surface area (Å²) in [5, 5.41) is 3.73. The van der Waals surface area contributed by atoms with E-state index in [1.54, 1.807) is 0 Å². The number of hydrogen-bond donors (Lipinski definition) is 1. The van der Waals surface area contributed by atoms with Crippen LogP contribution in [0.4, 0.5) is 0 Å². The van der Waals surface area contributed by atoms with Crippen LogP contribution < -0.4 is 5.32 Å². The minimum Gasteiger partial charge on any atom is -0.382 e. The molecule has 0 heterocycles. The molecule has 1 heteroatoms. The van der Waals surface area contributed by atoms with Gasteiger partial charge in [-0.2, -0.15) is 0 Å². The van der Waals surface area contributed by atoms with Gasteiger partial charge in [-0.3, -0.25) is 0 Å². The molecule has 0 saturated heterocycles. The van der Waals surface area contributed by atoms with Crippen molar-refractivity contribution in [2.45, 2.75) is 113 Å². The molecule has 1 N–H and O–H groups in total. The fraction of sp³-hybridized carbons (Fsp3) is 0.576. The molecule has 0 fully saturated rings. The van der Waals surface area contributed by atoms with Crippen molar-refractivity contribution in [3.05, 3.63) is 83.1 Å². The maximum absolute atomic E-state index is 4.35. The van der Waals surface area contributed by atoms with E-state index in [0.29, 0.717) is 17.9 Å². The van der Waals surface area contributed by atoms with Crippen molar-refractivity contribution in [2.24, 2.45) is 11.8 Å². The quantitative estimate of drug-likeness (QED) is 0.329. The first-order valence-corrected chi connectivity index (χ1v) is 14.0. The zero-order chi connectivity index (χ0) is 25.9. The summed E-state index contributed by atoms with van der Waals surface area (Å²) in [6, 6.07) is 18.1. The summed E-state index contributed by atoms with van der Waals surface area (Å²) >= 11 is 0. The van der Waals surface area contributed by atoms with Crippen molar-refractivity contribution in [3.63, 3.8) is 0 Å². The maximum atomic E-state index is 4.35.